The minimum absolute atomic E-state index is 0.0912. The quantitative estimate of drug-likeness (QED) is 0.790. The van der Waals surface area contributed by atoms with Crippen LogP contribution in [0.15, 0.2) is 46.7 Å². The molecule has 0 radical (unpaired) electrons. The van der Waals surface area contributed by atoms with Gasteiger partial charge in [0.2, 0.25) is 0 Å². The number of hydrogen-bond acceptors (Lipinski definition) is 5. The van der Waals surface area contributed by atoms with Crippen LogP contribution in [0.3, 0.4) is 0 Å². The summed E-state index contributed by atoms with van der Waals surface area (Å²) >= 11 is 1.37. The van der Waals surface area contributed by atoms with E-state index in [1.165, 1.54) is 21.8 Å². The predicted octanol–water partition coefficient (Wildman–Crippen LogP) is 1.43. The Morgan fingerprint density at radius 2 is 2.19 bits per heavy atom. The maximum atomic E-state index is 11.8. The monoisotopic (exact) mass is 301 g/mol. The number of ether oxygens (including phenoxy) is 1. The molecule has 2 aromatic heterocycles. The lowest BCUT2D eigenvalue weighted by molar-refractivity contribution is 0.0996. The number of hydrogen-bond donors (Lipinski definition) is 1. The van der Waals surface area contributed by atoms with Crippen molar-refractivity contribution in [1.29, 1.82) is 0 Å². The van der Waals surface area contributed by atoms with Crippen LogP contribution >= 0.6 is 11.3 Å². The van der Waals surface area contributed by atoms with Gasteiger partial charge in [0.25, 0.3) is 11.5 Å². The van der Waals surface area contributed by atoms with Crippen LogP contribution in [-0.4, -0.2) is 15.3 Å². The van der Waals surface area contributed by atoms with E-state index in [1.54, 1.807) is 35.8 Å². The number of carbonyl (C=O) groups is 1. The highest BCUT2D eigenvalue weighted by Crippen LogP contribution is 2.18. The number of amides is 1. The molecule has 6 nitrogen and oxygen atoms in total. The number of rotatable bonds is 4. The minimum Gasteiger partial charge on any atom is -0.486 e. The van der Waals surface area contributed by atoms with Gasteiger partial charge in [0.15, 0.2) is 4.96 Å². The fourth-order valence-corrected chi connectivity index (χ4v) is 2.65. The van der Waals surface area contributed by atoms with Crippen molar-refractivity contribution >= 4 is 22.2 Å². The van der Waals surface area contributed by atoms with Crippen molar-refractivity contribution in [2.45, 2.75) is 6.61 Å². The fraction of sp³-hybridized carbons (Fsp3) is 0.0714. The molecule has 0 spiro atoms. The summed E-state index contributed by atoms with van der Waals surface area (Å²) in [4.78, 5) is 28.1. The Morgan fingerprint density at radius 1 is 1.38 bits per heavy atom. The van der Waals surface area contributed by atoms with E-state index in [0.717, 1.165) is 0 Å². The van der Waals surface area contributed by atoms with Gasteiger partial charge in [0.1, 0.15) is 12.4 Å². The Labute approximate surface area is 123 Å². The number of para-hydroxylation sites is 1. The molecule has 0 bridgehead atoms. The topological polar surface area (TPSA) is 86.7 Å². The van der Waals surface area contributed by atoms with E-state index in [-0.39, 0.29) is 12.2 Å². The van der Waals surface area contributed by atoms with Crippen molar-refractivity contribution < 1.29 is 9.53 Å². The highest BCUT2D eigenvalue weighted by atomic mass is 32.1. The molecule has 1 aromatic carbocycles. The number of primary amides is 1. The summed E-state index contributed by atoms with van der Waals surface area (Å²) in [5.41, 5.74) is 5.92. The van der Waals surface area contributed by atoms with E-state index in [9.17, 15) is 9.59 Å². The third-order valence-electron chi connectivity index (χ3n) is 2.88. The van der Waals surface area contributed by atoms with E-state index < -0.39 is 5.91 Å². The van der Waals surface area contributed by atoms with Crippen LogP contribution in [0.2, 0.25) is 0 Å². The van der Waals surface area contributed by atoms with E-state index in [4.69, 9.17) is 10.5 Å². The first kappa shape index (κ1) is 13.3. The SMILES string of the molecule is NC(=O)c1ccccc1OCc1cc(=O)n2ccsc2n1. The summed E-state index contributed by atoms with van der Waals surface area (Å²) in [6.45, 7) is 0.0912. The highest BCUT2D eigenvalue weighted by Gasteiger charge is 2.09. The molecule has 0 aliphatic rings. The predicted molar refractivity (Wildman–Crippen MR) is 78.6 cm³/mol. The Hall–Kier alpha value is -2.67. The minimum atomic E-state index is -0.563. The third-order valence-corrected chi connectivity index (χ3v) is 3.64. The van der Waals surface area contributed by atoms with Crippen molar-refractivity contribution in [3.8, 4) is 5.75 Å². The van der Waals surface area contributed by atoms with Crippen molar-refractivity contribution in [2.75, 3.05) is 0 Å². The van der Waals surface area contributed by atoms with Crippen LogP contribution < -0.4 is 16.0 Å². The lowest BCUT2D eigenvalue weighted by atomic mass is 10.2. The summed E-state index contributed by atoms with van der Waals surface area (Å²) in [7, 11) is 0. The Balaban J connectivity index is 1.87. The average molecular weight is 301 g/mol. The average Bonchev–Trinajstić information content (AvgIpc) is 2.94. The van der Waals surface area contributed by atoms with Crippen molar-refractivity contribution in [1.82, 2.24) is 9.38 Å². The zero-order chi connectivity index (χ0) is 14.8. The molecule has 106 valence electrons. The molecular weight excluding hydrogens is 290 g/mol. The molecule has 0 saturated heterocycles. The number of benzene rings is 1. The number of aromatic nitrogens is 2. The molecule has 0 aliphatic carbocycles. The van der Waals surface area contributed by atoms with Gasteiger partial charge in [-0.2, -0.15) is 0 Å². The van der Waals surface area contributed by atoms with Crippen LogP contribution in [0.5, 0.6) is 5.75 Å². The van der Waals surface area contributed by atoms with Crippen LogP contribution in [0.25, 0.3) is 4.96 Å². The normalized spacial score (nSPS) is 10.7. The van der Waals surface area contributed by atoms with Gasteiger partial charge in [0, 0.05) is 17.6 Å². The van der Waals surface area contributed by atoms with Gasteiger partial charge in [-0.15, -0.1) is 11.3 Å². The first-order valence-electron chi connectivity index (χ1n) is 6.12. The Morgan fingerprint density at radius 3 is 3.00 bits per heavy atom. The largest absolute Gasteiger partial charge is 0.486 e. The van der Waals surface area contributed by atoms with Crippen LogP contribution in [-0.2, 0) is 6.61 Å². The summed E-state index contributed by atoms with van der Waals surface area (Å²) in [6.07, 6.45) is 1.67. The lowest BCUT2D eigenvalue weighted by Gasteiger charge is -2.08. The zero-order valence-corrected chi connectivity index (χ0v) is 11.7. The Kier molecular flexibility index (Phi) is 3.41. The van der Waals surface area contributed by atoms with Crippen molar-refractivity contribution in [3.05, 3.63) is 63.5 Å². The molecule has 0 atom stereocenters. The second-order valence-electron chi connectivity index (χ2n) is 4.29. The van der Waals surface area contributed by atoms with Gasteiger partial charge in [-0.05, 0) is 12.1 Å². The van der Waals surface area contributed by atoms with E-state index >= 15 is 0 Å². The van der Waals surface area contributed by atoms with Gasteiger partial charge in [0.05, 0.1) is 11.3 Å². The van der Waals surface area contributed by atoms with Gasteiger partial charge in [-0.25, -0.2) is 4.98 Å². The first-order valence-corrected chi connectivity index (χ1v) is 7.00. The molecular formula is C14H11N3O3S. The summed E-state index contributed by atoms with van der Waals surface area (Å²) in [5, 5.41) is 1.79. The van der Waals surface area contributed by atoms with E-state index in [1.807, 2.05) is 0 Å². The molecule has 3 rings (SSSR count). The summed E-state index contributed by atoms with van der Waals surface area (Å²) in [6, 6.07) is 8.09. The van der Waals surface area contributed by atoms with Gasteiger partial charge < -0.3 is 10.5 Å². The highest BCUT2D eigenvalue weighted by molar-refractivity contribution is 7.15. The number of nitrogens with zero attached hydrogens (tertiary/aromatic N) is 2. The molecule has 21 heavy (non-hydrogen) atoms. The second kappa shape index (κ2) is 5.37. The van der Waals surface area contributed by atoms with Crippen LogP contribution in [0.4, 0.5) is 0 Å². The third kappa shape index (κ3) is 2.63. The van der Waals surface area contributed by atoms with Crippen molar-refractivity contribution in [3.63, 3.8) is 0 Å². The van der Waals surface area contributed by atoms with E-state index in [0.29, 0.717) is 22.0 Å². The molecule has 0 aliphatic heterocycles. The summed E-state index contributed by atoms with van der Waals surface area (Å²) in [5.74, 6) is -0.189. The molecule has 0 saturated carbocycles. The summed E-state index contributed by atoms with van der Waals surface area (Å²) < 4.78 is 7.02. The number of thiazole rings is 1. The maximum absolute atomic E-state index is 11.8. The molecule has 1 amide bonds. The number of nitrogens with two attached hydrogens (primary N) is 1. The molecule has 3 aromatic rings. The Bertz CT molecular complexity index is 869. The molecule has 7 heteroatoms. The standard InChI is InChI=1S/C14H11N3O3S/c15-13(19)10-3-1-2-4-11(10)20-8-9-7-12(18)17-5-6-21-14(17)16-9/h1-7H,8H2,(H2,15,19). The smallest absolute Gasteiger partial charge is 0.258 e. The van der Waals surface area contributed by atoms with Gasteiger partial charge in [-0.3, -0.25) is 14.0 Å². The molecule has 2 heterocycles. The zero-order valence-electron chi connectivity index (χ0n) is 10.9. The van der Waals surface area contributed by atoms with Gasteiger partial charge in [-0.1, -0.05) is 12.1 Å². The van der Waals surface area contributed by atoms with E-state index in [2.05, 4.69) is 4.98 Å². The second-order valence-corrected chi connectivity index (χ2v) is 5.16. The van der Waals surface area contributed by atoms with Gasteiger partial charge >= 0.3 is 0 Å². The molecule has 0 unspecified atom stereocenters. The first-order chi connectivity index (χ1) is 10.1. The van der Waals surface area contributed by atoms with Crippen LogP contribution in [0.1, 0.15) is 16.1 Å². The number of fused-ring (bicyclic) bond motifs is 1. The molecule has 2 N–H and O–H groups in total. The lowest BCUT2D eigenvalue weighted by Crippen LogP contribution is -2.15. The maximum Gasteiger partial charge on any atom is 0.258 e. The fourth-order valence-electron chi connectivity index (χ4n) is 1.91. The van der Waals surface area contributed by atoms with Crippen LogP contribution in [0, 0.1) is 0 Å². The molecule has 0 fully saturated rings. The number of carbonyl (C=O) groups excluding carboxylic acids is 1. The van der Waals surface area contributed by atoms with Crippen molar-refractivity contribution in [2.24, 2.45) is 5.73 Å².